The zero-order valence-electron chi connectivity index (χ0n) is 11.4. The van der Waals surface area contributed by atoms with E-state index in [1.165, 1.54) is 0 Å². The topological polar surface area (TPSA) is 81.5 Å². The Morgan fingerprint density at radius 3 is 2.65 bits per heavy atom. The van der Waals surface area contributed by atoms with Gasteiger partial charge in [-0.1, -0.05) is 15.9 Å². The molecule has 0 atom stereocenters. The van der Waals surface area contributed by atoms with Gasteiger partial charge in [0.15, 0.2) is 6.61 Å². The van der Waals surface area contributed by atoms with Crippen molar-refractivity contribution in [1.29, 1.82) is 0 Å². The smallest absolute Gasteiger partial charge is 0.311 e. The first-order valence-electron chi connectivity index (χ1n) is 6.18. The van der Waals surface area contributed by atoms with Crippen molar-refractivity contribution >= 4 is 49.1 Å². The van der Waals surface area contributed by atoms with Crippen LogP contribution in [0.5, 0.6) is 5.75 Å². The van der Waals surface area contributed by atoms with Gasteiger partial charge in [-0.3, -0.25) is 14.9 Å². The maximum atomic E-state index is 13.2. The molecule has 6 nitrogen and oxygen atoms in total. The van der Waals surface area contributed by atoms with Gasteiger partial charge >= 0.3 is 5.69 Å². The number of rotatable bonds is 5. The van der Waals surface area contributed by atoms with E-state index in [2.05, 4.69) is 37.2 Å². The summed E-state index contributed by atoms with van der Waals surface area (Å²) in [6, 6.07) is 7.93. The van der Waals surface area contributed by atoms with E-state index in [-0.39, 0.29) is 5.75 Å². The number of carbonyl (C=O) groups is 1. The fourth-order valence-electron chi connectivity index (χ4n) is 1.67. The second kappa shape index (κ2) is 7.51. The molecule has 0 aliphatic carbocycles. The van der Waals surface area contributed by atoms with Crippen molar-refractivity contribution in [2.75, 3.05) is 11.9 Å². The standard InChI is InChI=1S/C14H9Br2FN2O4/c15-8-1-3-11(10(16)5-8)18-14(20)7-23-13-6-9(17)2-4-12(13)19(21)22/h1-6H,7H2,(H,18,20). The third-order valence-corrected chi connectivity index (χ3v) is 3.83. The molecular weight excluding hydrogens is 439 g/mol. The van der Waals surface area contributed by atoms with E-state index in [0.717, 1.165) is 22.7 Å². The van der Waals surface area contributed by atoms with E-state index in [0.29, 0.717) is 10.2 Å². The van der Waals surface area contributed by atoms with Gasteiger partial charge in [-0.25, -0.2) is 4.39 Å². The van der Waals surface area contributed by atoms with Crippen LogP contribution in [-0.2, 0) is 4.79 Å². The first kappa shape index (κ1) is 17.4. The van der Waals surface area contributed by atoms with Crippen molar-refractivity contribution in [2.45, 2.75) is 0 Å². The Morgan fingerprint density at radius 2 is 2.00 bits per heavy atom. The Hall–Kier alpha value is -2.00. The van der Waals surface area contributed by atoms with E-state index < -0.39 is 28.9 Å². The fraction of sp³-hybridized carbons (Fsp3) is 0.0714. The Bertz CT molecular complexity index is 770. The van der Waals surface area contributed by atoms with Crippen LogP contribution in [0, 0.1) is 15.9 Å². The van der Waals surface area contributed by atoms with Crippen LogP contribution in [0.3, 0.4) is 0 Å². The first-order valence-corrected chi connectivity index (χ1v) is 7.77. The van der Waals surface area contributed by atoms with Crippen LogP contribution >= 0.6 is 31.9 Å². The number of ether oxygens (including phenoxy) is 1. The average molecular weight is 448 g/mol. The molecule has 0 heterocycles. The summed E-state index contributed by atoms with van der Waals surface area (Å²) in [7, 11) is 0. The minimum atomic E-state index is -0.710. The minimum Gasteiger partial charge on any atom is -0.477 e. The SMILES string of the molecule is O=C(COc1cc(F)ccc1[N+](=O)[O-])Nc1ccc(Br)cc1Br. The van der Waals surface area contributed by atoms with Crippen LogP contribution in [0.2, 0.25) is 0 Å². The molecule has 0 fully saturated rings. The van der Waals surface area contributed by atoms with E-state index >= 15 is 0 Å². The molecule has 0 saturated carbocycles. The quantitative estimate of drug-likeness (QED) is 0.548. The molecule has 2 aromatic rings. The van der Waals surface area contributed by atoms with Gasteiger partial charge in [-0.2, -0.15) is 0 Å². The number of anilines is 1. The van der Waals surface area contributed by atoms with E-state index in [4.69, 9.17) is 4.74 Å². The van der Waals surface area contributed by atoms with Crippen molar-refractivity contribution in [3.05, 3.63) is 61.3 Å². The largest absolute Gasteiger partial charge is 0.477 e. The molecule has 0 unspecified atom stereocenters. The van der Waals surface area contributed by atoms with Crippen LogP contribution in [-0.4, -0.2) is 17.4 Å². The third-order valence-electron chi connectivity index (χ3n) is 2.68. The summed E-state index contributed by atoms with van der Waals surface area (Å²) in [6.45, 7) is -0.493. The van der Waals surface area contributed by atoms with Gasteiger partial charge in [0.1, 0.15) is 5.82 Å². The van der Waals surface area contributed by atoms with Gasteiger partial charge < -0.3 is 10.1 Å². The first-order chi connectivity index (χ1) is 10.9. The molecule has 2 aromatic carbocycles. The Labute approximate surface area is 147 Å². The average Bonchev–Trinajstić information content (AvgIpc) is 2.48. The van der Waals surface area contributed by atoms with Gasteiger partial charge in [-0.05, 0) is 40.2 Å². The maximum absolute atomic E-state index is 13.2. The number of hydrogen-bond acceptors (Lipinski definition) is 4. The molecule has 0 radical (unpaired) electrons. The molecule has 0 saturated heterocycles. The lowest BCUT2D eigenvalue weighted by molar-refractivity contribution is -0.385. The summed E-state index contributed by atoms with van der Waals surface area (Å²) in [4.78, 5) is 22.0. The van der Waals surface area contributed by atoms with Crippen molar-refractivity contribution in [3.63, 3.8) is 0 Å². The van der Waals surface area contributed by atoms with E-state index in [1.807, 2.05) is 0 Å². The third kappa shape index (κ3) is 4.73. The van der Waals surface area contributed by atoms with Crippen LogP contribution in [0.15, 0.2) is 45.3 Å². The maximum Gasteiger partial charge on any atom is 0.311 e. The Morgan fingerprint density at radius 1 is 1.26 bits per heavy atom. The molecule has 1 amide bonds. The lowest BCUT2D eigenvalue weighted by atomic mass is 10.3. The number of amides is 1. The summed E-state index contributed by atoms with van der Waals surface area (Å²) < 4.78 is 19.7. The molecule has 2 rings (SSSR count). The van der Waals surface area contributed by atoms with Crippen molar-refractivity contribution in [3.8, 4) is 5.75 Å². The number of nitrogens with one attached hydrogen (secondary N) is 1. The van der Waals surface area contributed by atoms with Crippen LogP contribution in [0.1, 0.15) is 0 Å². The molecule has 0 aliphatic heterocycles. The molecular formula is C14H9Br2FN2O4. The predicted octanol–water partition coefficient (Wildman–Crippen LogP) is 4.28. The number of halogens is 3. The molecule has 0 bridgehead atoms. The number of benzene rings is 2. The zero-order valence-corrected chi connectivity index (χ0v) is 14.6. The lowest BCUT2D eigenvalue weighted by Crippen LogP contribution is -2.20. The van der Waals surface area contributed by atoms with Crippen LogP contribution < -0.4 is 10.1 Å². The highest BCUT2D eigenvalue weighted by atomic mass is 79.9. The van der Waals surface area contributed by atoms with Gasteiger partial charge in [0, 0.05) is 21.1 Å². The number of nitro groups is 1. The number of hydrogen-bond donors (Lipinski definition) is 1. The summed E-state index contributed by atoms with van der Waals surface area (Å²) in [5, 5.41) is 13.4. The molecule has 0 aromatic heterocycles. The van der Waals surface area contributed by atoms with E-state index in [9.17, 15) is 19.3 Å². The minimum absolute atomic E-state index is 0.306. The van der Waals surface area contributed by atoms with Crippen molar-refractivity contribution in [1.82, 2.24) is 0 Å². The number of nitro benzene ring substituents is 1. The normalized spacial score (nSPS) is 10.2. The fourth-order valence-corrected chi connectivity index (χ4v) is 2.82. The monoisotopic (exact) mass is 446 g/mol. The lowest BCUT2D eigenvalue weighted by Gasteiger charge is -2.09. The summed E-state index contributed by atoms with van der Waals surface area (Å²) in [5.74, 6) is -1.53. The summed E-state index contributed by atoms with van der Waals surface area (Å²) in [6.07, 6.45) is 0. The Balaban J connectivity index is 2.05. The van der Waals surface area contributed by atoms with E-state index in [1.54, 1.807) is 18.2 Å². The van der Waals surface area contributed by atoms with Crippen molar-refractivity contribution < 1.29 is 18.8 Å². The second-order valence-electron chi connectivity index (χ2n) is 4.33. The molecule has 0 aliphatic rings. The molecule has 9 heteroatoms. The van der Waals surface area contributed by atoms with Crippen LogP contribution in [0.4, 0.5) is 15.8 Å². The highest BCUT2D eigenvalue weighted by Gasteiger charge is 2.17. The predicted molar refractivity (Wildman–Crippen MR) is 89.0 cm³/mol. The molecule has 0 spiro atoms. The summed E-state index contributed by atoms with van der Waals surface area (Å²) in [5.41, 5.74) is 0.0968. The molecule has 120 valence electrons. The van der Waals surface area contributed by atoms with Gasteiger partial charge in [0.2, 0.25) is 5.75 Å². The van der Waals surface area contributed by atoms with Crippen LogP contribution in [0.25, 0.3) is 0 Å². The highest BCUT2D eigenvalue weighted by Crippen LogP contribution is 2.28. The zero-order chi connectivity index (χ0) is 17.0. The second-order valence-corrected chi connectivity index (χ2v) is 6.10. The molecule has 23 heavy (non-hydrogen) atoms. The molecule has 1 N–H and O–H groups in total. The van der Waals surface area contributed by atoms with Gasteiger partial charge in [0.05, 0.1) is 10.6 Å². The summed E-state index contributed by atoms with van der Waals surface area (Å²) >= 11 is 6.57. The highest BCUT2D eigenvalue weighted by molar-refractivity contribution is 9.11. The number of carbonyl (C=O) groups excluding carboxylic acids is 1. The Kier molecular flexibility index (Phi) is 5.67. The van der Waals surface area contributed by atoms with Gasteiger partial charge in [0.25, 0.3) is 5.91 Å². The van der Waals surface area contributed by atoms with Gasteiger partial charge in [-0.15, -0.1) is 0 Å². The van der Waals surface area contributed by atoms with Crippen molar-refractivity contribution in [2.24, 2.45) is 0 Å². The number of nitrogens with zero attached hydrogens (tertiary/aromatic N) is 1.